The van der Waals surface area contributed by atoms with E-state index in [1.807, 2.05) is 54.4 Å². The lowest BCUT2D eigenvalue weighted by molar-refractivity contribution is 0.395. The molecule has 0 radical (unpaired) electrons. The van der Waals surface area contributed by atoms with Gasteiger partial charge in [-0.3, -0.25) is 0 Å². The molecule has 26 heavy (non-hydrogen) atoms. The third-order valence-electron chi connectivity index (χ3n) is 3.92. The number of anilines is 3. The fourth-order valence-corrected chi connectivity index (χ4v) is 2.57. The van der Waals surface area contributed by atoms with Gasteiger partial charge in [0.15, 0.2) is 0 Å². The van der Waals surface area contributed by atoms with E-state index in [0.29, 0.717) is 17.5 Å². The van der Waals surface area contributed by atoms with Crippen LogP contribution in [0.5, 0.6) is 11.5 Å². The number of ether oxygens (including phenoxy) is 2. The van der Waals surface area contributed by atoms with Gasteiger partial charge in [0.05, 0.1) is 19.9 Å². The number of hydrogen-bond acceptors (Lipinski definition) is 6. The SMILES string of the molecule is COc1ccc(Nc2ccnc(N(C)Cc3ccccc3)n2)c(OC)c1. The van der Waals surface area contributed by atoms with Crippen LogP contribution in [0.2, 0.25) is 0 Å². The first-order chi connectivity index (χ1) is 12.7. The highest BCUT2D eigenvalue weighted by Gasteiger charge is 2.09. The summed E-state index contributed by atoms with van der Waals surface area (Å²) >= 11 is 0. The number of nitrogens with one attached hydrogen (secondary N) is 1. The van der Waals surface area contributed by atoms with E-state index in [1.165, 1.54) is 5.56 Å². The highest BCUT2D eigenvalue weighted by molar-refractivity contribution is 5.66. The molecule has 0 spiro atoms. The number of nitrogens with zero attached hydrogens (tertiary/aromatic N) is 3. The third kappa shape index (κ3) is 4.22. The van der Waals surface area contributed by atoms with Crippen LogP contribution in [-0.4, -0.2) is 31.2 Å². The largest absolute Gasteiger partial charge is 0.497 e. The van der Waals surface area contributed by atoms with E-state index >= 15 is 0 Å². The van der Waals surface area contributed by atoms with Gasteiger partial charge in [0.25, 0.3) is 0 Å². The maximum absolute atomic E-state index is 5.42. The zero-order valence-electron chi connectivity index (χ0n) is 15.1. The number of rotatable bonds is 7. The zero-order chi connectivity index (χ0) is 18.4. The molecule has 1 N–H and O–H groups in total. The molecule has 0 bridgehead atoms. The predicted molar refractivity (Wildman–Crippen MR) is 103 cm³/mol. The van der Waals surface area contributed by atoms with Crippen molar-refractivity contribution in [2.45, 2.75) is 6.54 Å². The summed E-state index contributed by atoms with van der Waals surface area (Å²) in [6.45, 7) is 0.732. The zero-order valence-corrected chi connectivity index (χ0v) is 15.1. The van der Waals surface area contributed by atoms with Gasteiger partial charge in [-0.2, -0.15) is 4.98 Å². The van der Waals surface area contributed by atoms with Crippen molar-refractivity contribution in [1.82, 2.24) is 9.97 Å². The molecule has 1 aromatic heterocycles. The first kappa shape index (κ1) is 17.5. The fourth-order valence-electron chi connectivity index (χ4n) is 2.57. The van der Waals surface area contributed by atoms with Crippen molar-refractivity contribution >= 4 is 17.5 Å². The van der Waals surface area contributed by atoms with Gasteiger partial charge in [0.1, 0.15) is 17.3 Å². The summed E-state index contributed by atoms with van der Waals surface area (Å²) in [5.74, 6) is 2.75. The summed E-state index contributed by atoms with van der Waals surface area (Å²) in [6.07, 6.45) is 1.74. The highest BCUT2D eigenvalue weighted by atomic mass is 16.5. The molecule has 6 nitrogen and oxygen atoms in total. The molecule has 0 fully saturated rings. The summed E-state index contributed by atoms with van der Waals surface area (Å²) in [4.78, 5) is 11.0. The normalized spacial score (nSPS) is 10.3. The van der Waals surface area contributed by atoms with Gasteiger partial charge in [-0.05, 0) is 23.8 Å². The van der Waals surface area contributed by atoms with Crippen LogP contribution in [0.1, 0.15) is 5.56 Å². The molecular weight excluding hydrogens is 328 g/mol. The van der Waals surface area contributed by atoms with Crippen molar-refractivity contribution in [1.29, 1.82) is 0 Å². The van der Waals surface area contributed by atoms with Crippen molar-refractivity contribution in [3.8, 4) is 11.5 Å². The van der Waals surface area contributed by atoms with Gasteiger partial charge in [-0.15, -0.1) is 0 Å². The standard InChI is InChI=1S/C20H22N4O2/c1-24(14-15-7-5-4-6-8-15)20-21-12-11-19(23-20)22-17-10-9-16(25-2)13-18(17)26-3/h4-13H,14H2,1-3H3,(H,21,22,23). The number of benzene rings is 2. The molecule has 1 heterocycles. The Bertz CT molecular complexity index is 855. The molecule has 3 rings (SSSR count). The lowest BCUT2D eigenvalue weighted by Gasteiger charge is -2.18. The second-order valence-corrected chi connectivity index (χ2v) is 5.77. The molecule has 0 unspecified atom stereocenters. The van der Waals surface area contributed by atoms with Crippen molar-refractivity contribution in [3.05, 3.63) is 66.4 Å². The quantitative estimate of drug-likeness (QED) is 0.698. The Kier molecular flexibility index (Phi) is 5.53. The van der Waals surface area contributed by atoms with Crippen molar-refractivity contribution < 1.29 is 9.47 Å². The van der Waals surface area contributed by atoms with Gasteiger partial charge >= 0.3 is 0 Å². The molecule has 0 saturated carbocycles. The average Bonchev–Trinajstić information content (AvgIpc) is 2.69. The molecule has 0 amide bonds. The van der Waals surface area contributed by atoms with E-state index in [9.17, 15) is 0 Å². The topological polar surface area (TPSA) is 59.5 Å². The lowest BCUT2D eigenvalue weighted by Crippen LogP contribution is -2.19. The molecule has 2 aromatic carbocycles. The Labute approximate surface area is 153 Å². The van der Waals surface area contributed by atoms with E-state index in [2.05, 4.69) is 27.4 Å². The van der Waals surface area contributed by atoms with E-state index in [0.717, 1.165) is 18.0 Å². The Hall–Kier alpha value is -3.28. The second kappa shape index (κ2) is 8.20. The maximum Gasteiger partial charge on any atom is 0.227 e. The van der Waals surface area contributed by atoms with E-state index < -0.39 is 0 Å². The van der Waals surface area contributed by atoms with Crippen LogP contribution in [0, 0.1) is 0 Å². The smallest absolute Gasteiger partial charge is 0.227 e. The molecule has 0 saturated heterocycles. The molecule has 3 aromatic rings. The molecular formula is C20H22N4O2. The van der Waals surface area contributed by atoms with Gasteiger partial charge < -0.3 is 19.7 Å². The van der Waals surface area contributed by atoms with E-state index in [-0.39, 0.29) is 0 Å². The lowest BCUT2D eigenvalue weighted by atomic mass is 10.2. The van der Waals surface area contributed by atoms with Crippen molar-refractivity contribution in [3.63, 3.8) is 0 Å². The van der Waals surface area contributed by atoms with Crippen LogP contribution < -0.4 is 19.7 Å². The fraction of sp³-hybridized carbons (Fsp3) is 0.200. The predicted octanol–water partition coefficient (Wildman–Crippen LogP) is 3.87. The van der Waals surface area contributed by atoms with Gasteiger partial charge in [0.2, 0.25) is 5.95 Å². The summed E-state index contributed by atoms with van der Waals surface area (Å²) in [5.41, 5.74) is 2.01. The molecule has 0 aliphatic rings. The minimum Gasteiger partial charge on any atom is -0.497 e. The van der Waals surface area contributed by atoms with Crippen molar-refractivity contribution in [2.24, 2.45) is 0 Å². The Balaban J connectivity index is 1.77. The van der Waals surface area contributed by atoms with Crippen LogP contribution in [0.3, 0.4) is 0 Å². The second-order valence-electron chi connectivity index (χ2n) is 5.77. The summed E-state index contributed by atoms with van der Waals surface area (Å²) in [6, 6.07) is 17.6. The van der Waals surface area contributed by atoms with E-state index in [4.69, 9.17) is 9.47 Å². The Morgan fingerprint density at radius 1 is 1.00 bits per heavy atom. The van der Waals surface area contributed by atoms with E-state index in [1.54, 1.807) is 20.4 Å². The van der Waals surface area contributed by atoms with Crippen LogP contribution in [0.25, 0.3) is 0 Å². The monoisotopic (exact) mass is 350 g/mol. The maximum atomic E-state index is 5.42. The highest BCUT2D eigenvalue weighted by Crippen LogP contribution is 2.31. The van der Waals surface area contributed by atoms with Crippen LogP contribution in [-0.2, 0) is 6.54 Å². The van der Waals surface area contributed by atoms with Crippen LogP contribution in [0.4, 0.5) is 17.5 Å². The summed E-state index contributed by atoms with van der Waals surface area (Å²) in [7, 11) is 5.22. The van der Waals surface area contributed by atoms with Crippen LogP contribution >= 0.6 is 0 Å². The minimum absolute atomic E-state index is 0.645. The average molecular weight is 350 g/mol. The molecule has 6 heteroatoms. The first-order valence-corrected chi connectivity index (χ1v) is 8.27. The first-order valence-electron chi connectivity index (χ1n) is 8.27. The van der Waals surface area contributed by atoms with Gasteiger partial charge in [-0.1, -0.05) is 30.3 Å². The Morgan fingerprint density at radius 2 is 1.81 bits per heavy atom. The summed E-state index contributed by atoms with van der Waals surface area (Å²) in [5, 5.41) is 3.28. The van der Waals surface area contributed by atoms with Crippen molar-refractivity contribution in [2.75, 3.05) is 31.5 Å². The summed E-state index contributed by atoms with van der Waals surface area (Å²) < 4.78 is 10.6. The van der Waals surface area contributed by atoms with Gasteiger partial charge in [0, 0.05) is 25.9 Å². The minimum atomic E-state index is 0.645. The molecule has 0 atom stereocenters. The number of methoxy groups -OCH3 is 2. The Morgan fingerprint density at radius 3 is 2.54 bits per heavy atom. The molecule has 0 aliphatic heterocycles. The molecule has 134 valence electrons. The molecule has 0 aliphatic carbocycles. The number of aromatic nitrogens is 2. The van der Waals surface area contributed by atoms with Gasteiger partial charge in [-0.25, -0.2) is 4.98 Å². The number of hydrogen-bond donors (Lipinski definition) is 1. The van der Waals surface area contributed by atoms with Crippen LogP contribution in [0.15, 0.2) is 60.8 Å². The third-order valence-corrected chi connectivity index (χ3v) is 3.92.